The molecule has 7 heteroatoms. The minimum atomic E-state index is -0.791. The second kappa shape index (κ2) is 10.9. The molecule has 0 radical (unpaired) electrons. The summed E-state index contributed by atoms with van der Waals surface area (Å²) in [4.78, 5) is 31.1. The number of hydrogen-bond acceptors (Lipinski definition) is 5. The maximum atomic E-state index is 12.0. The van der Waals surface area contributed by atoms with Crippen molar-refractivity contribution >= 4 is 17.7 Å². The number of carbonyl (C=O) groups is 2. The summed E-state index contributed by atoms with van der Waals surface area (Å²) >= 11 is 0. The third-order valence-electron chi connectivity index (χ3n) is 4.83. The van der Waals surface area contributed by atoms with Gasteiger partial charge in [0.1, 0.15) is 5.82 Å². The Bertz CT molecular complexity index is 634. The van der Waals surface area contributed by atoms with E-state index < -0.39 is 5.97 Å². The quantitative estimate of drug-likeness (QED) is 0.575. The zero-order valence-corrected chi connectivity index (χ0v) is 16.5. The van der Waals surface area contributed by atoms with Crippen LogP contribution in [0.15, 0.2) is 12.1 Å². The van der Waals surface area contributed by atoms with Crippen molar-refractivity contribution in [3.8, 4) is 0 Å². The van der Waals surface area contributed by atoms with E-state index in [0.29, 0.717) is 19.5 Å². The molecule has 1 aliphatic rings. The lowest BCUT2D eigenvalue weighted by atomic mass is 10.1. The predicted molar refractivity (Wildman–Crippen MR) is 106 cm³/mol. The van der Waals surface area contributed by atoms with Crippen molar-refractivity contribution in [2.24, 2.45) is 0 Å². The van der Waals surface area contributed by atoms with Crippen LogP contribution >= 0.6 is 0 Å². The fourth-order valence-electron chi connectivity index (χ4n) is 3.21. The number of hydrogen-bond donors (Lipinski definition) is 2. The van der Waals surface area contributed by atoms with Crippen molar-refractivity contribution < 1.29 is 14.7 Å². The number of pyridine rings is 1. The Hall–Kier alpha value is -2.15. The van der Waals surface area contributed by atoms with E-state index >= 15 is 0 Å². The zero-order chi connectivity index (χ0) is 19.6. The molecule has 2 heterocycles. The number of anilines is 1. The zero-order valence-electron chi connectivity index (χ0n) is 16.5. The number of likely N-dealkylation sites (N-methyl/N-ethyl adjacent to an activating group) is 1. The Balaban J connectivity index is 1.77. The van der Waals surface area contributed by atoms with E-state index in [4.69, 9.17) is 10.1 Å². The number of aliphatic carboxylic acids is 1. The van der Waals surface area contributed by atoms with Crippen molar-refractivity contribution in [3.63, 3.8) is 0 Å². The van der Waals surface area contributed by atoms with Crippen LogP contribution in [-0.2, 0) is 22.4 Å². The highest BCUT2D eigenvalue weighted by Crippen LogP contribution is 2.20. The van der Waals surface area contributed by atoms with E-state index in [-0.39, 0.29) is 12.3 Å². The molecule has 0 saturated heterocycles. The maximum absolute atomic E-state index is 12.0. The van der Waals surface area contributed by atoms with Gasteiger partial charge in [0, 0.05) is 32.8 Å². The first-order chi connectivity index (χ1) is 13.0. The summed E-state index contributed by atoms with van der Waals surface area (Å²) in [5, 5.41) is 12.2. The van der Waals surface area contributed by atoms with Gasteiger partial charge in [-0.1, -0.05) is 6.07 Å². The first-order valence-corrected chi connectivity index (χ1v) is 9.82. The first-order valence-electron chi connectivity index (χ1n) is 9.82. The minimum Gasteiger partial charge on any atom is -0.481 e. The number of rotatable bonds is 11. The highest BCUT2D eigenvalue weighted by molar-refractivity contribution is 5.77. The van der Waals surface area contributed by atoms with Crippen molar-refractivity contribution in [3.05, 3.63) is 23.4 Å². The molecule has 0 unspecified atom stereocenters. The summed E-state index contributed by atoms with van der Waals surface area (Å²) in [6.07, 6.45) is 5.84. The van der Waals surface area contributed by atoms with Crippen molar-refractivity contribution in [2.45, 2.75) is 44.9 Å². The standard InChI is InChI=1S/C20H32N4O3/c1-23(2)18(25)15-24(14-6-9-19(26)27)13-4-3-8-17-11-10-16-7-5-12-21-20(16)22-17/h10-11H,3-9,12-15H2,1-2H3,(H,21,22)(H,26,27). The third-order valence-corrected chi connectivity index (χ3v) is 4.83. The molecule has 1 aromatic heterocycles. The number of carboxylic acid groups (broad SMARTS) is 1. The first kappa shape index (κ1) is 21.2. The molecule has 0 spiro atoms. The number of fused-ring (bicyclic) bond motifs is 1. The van der Waals surface area contributed by atoms with Crippen molar-refractivity contribution in [2.75, 3.05) is 45.6 Å². The molecule has 0 bridgehead atoms. The fourth-order valence-corrected chi connectivity index (χ4v) is 3.21. The molecule has 1 aromatic rings. The van der Waals surface area contributed by atoms with Gasteiger partial charge in [-0.2, -0.15) is 0 Å². The average Bonchev–Trinajstić information content (AvgIpc) is 2.64. The van der Waals surface area contributed by atoms with E-state index in [1.807, 2.05) is 0 Å². The Kier molecular flexibility index (Phi) is 8.51. The second-order valence-corrected chi connectivity index (χ2v) is 7.36. The van der Waals surface area contributed by atoms with Gasteiger partial charge in [0.05, 0.1) is 6.54 Å². The number of nitrogens with zero attached hydrogens (tertiary/aromatic N) is 3. The van der Waals surface area contributed by atoms with Crippen LogP contribution in [0, 0.1) is 0 Å². The number of unbranched alkanes of at least 4 members (excludes halogenated alkanes) is 1. The predicted octanol–water partition coefficient (Wildman–Crippen LogP) is 2.02. The van der Waals surface area contributed by atoms with Crippen LogP contribution in [-0.4, -0.2) is 72.0 Å². The van der Waals surface area contributed by atoms with E-state index in [9.17, 15) is 9.59 Å². The highest BCUT2D eigenvalue weighted by atomic mass is 16.4. The summed E-state index contributed by atoms with van der Waals surface area (Å²) < 4.78 is 0. The molecule has 1 amide bonds. The van der Waals surface area contributed by atoms with Crippen LogP contribution in [0.4, 0.5) is 5.82 Å². The van der Waals surface area contributed by atoms with Gasteiger partial charge in [0.15, 0.2) is 0 Å². The van der Waals surface area contributed by atoms with Crippen molar-refractivity contribution in [1.82, 2.24) is 14.8 Å². The molecule has 7 nitrogen and oxygen atoms in total. The van der Waals surface area contributed by atoms with Gasteiger partial charge in [-0.15, -0.1) is 0 Å². The summed E-state index contributed by atoms with van der Waals surface area (Å²) in [5.74, 6) is 0.291. The van der Waals surface area contributed by atoms with Gasteiger partial charge >= 0.3 is 5.97 Å². The van der Waals surface area contributed by atoms with Crippen LogP contribution in [0.2, 0.25) is 0 Å². The Labute approximate surface area is 161 Å². The smallest absolute Gasteiger partial charge is 0.303 e. The lowest BCUT2D eigenvalue weighted by Gasteiger charge is -2.23. The van der Waals surface area contributed by atoms with Gasteiger partial charge in [-0.3, -0.25) is 14.5 Å². The molecule has 0 aromatic carbocycles. The third kappa shape index (κ3) is 7.54. The van der Waals surface area contributed by atoms with Crippen LogP contribution in [0.3, 0.4) is 0 Å². The van der Waals surface area contributed by atoms with E-state index in [1.54, 1.807) is 19.0 Å². The van der Waals surface area contributed by atoms with Gasteiger partial charge in [-0.25, -0.2) is 4.98 Å². The average molecular weight is 377 g/mol. The number of amides is 1. The van der Waals surface area contributed by atoms with Gasteiger partial charge in [0.25, 0.3) is 0 Å². The summed E-state index contributed by atoms with van der Waals surface area (Å²) in [5.41, 5.74) is 2.40. The molecule has 0 saturated carbocycles. The molecule has 150 valence electrons. The van der Waals surface area contributed by atoms with E-state index in [0.717, 1.165) is 56.7 Å². The molecule has 2 N–H and O–H groups in total. The number of nitrogens with one attached hydrogen (secondary N) is 1. The molecule has 0 fully saturated rings. The van der Waals surface area contributed by atoms with Gasteiger partial charge in [-0.05, 0) is 63.2 Å². The monoisotopic (exact) mass is 376 g/mol. The van der Waals surface area contributed by atoms with Crippen LogP contribution in [0.5, 0.6) is 0 Å². The van der Waals surface area contributed by atoms with Gasteiger partial charge < -0.3 is 15.3 Å². The van der Waals surface area contributed by atoms with E-state index in [2.05, 4.69) is 22.3 Å². The Morgan fingerprint density at radius 1 is 1.19 bits per heavy atom. The molecule has 0 aliphatic carbocycles. The Morgan fingerprint density at radius 3 is 2.70 bits per heavy atom. The summed E-state index contributed by atoms with van der Waals surface area (Å²) in [6.45, 7) is 2.76. The van der Waals surface area contributed by atoms with Gasteiger partial charge in [0.2, 0.25) is 5.91 Å². The second-order valence-electron chi connectivity index (χ2n) is 7.36. The number of carboxylic acids is 1. The minimum absolute atomic E-state index is 0.0488. The molecule has 2 rings (SSSR count). The topological polar surface area (TPSA) is 85.8 Å². The largest absolute Gasteiger partial charge is 0.481 e. The molecule has 27 heavy (non-hydrogen) atoms. The summed E-state index contributed by atoms with van der Waals surface area (Å²) in [7, 11) is 3.49. The van der Waals surface area contributed by atoms with Crippen LogP contribution in [0.25, 0.3) is 0 Å². The lowest BCUT2D eigenvalue weighted by molar-refractivity contribution is -0.137. The van der Waals surface area contributed by atoms with E-state index in [1.165, 1.54) is 5.56 Å². The molecule has 1 aliphatic heterocycles. The summed E-state index contributed by atoms with van der Waals surface area (Å²) in [6, 6.07) is 4.30. The van der Waals surface area contributed by atoms with Crippen LogP contribution in [0.1, 0.15) is 43.4 Å². The van der Waals surface area contributed by atoms with Crippen LogP contribution < -0.4 is 5.32 Å². The highest BCUT2D eigenvalue weighted by Gasteiger charge is 2.13. The number of carbonyl (C=O) groups excluding carboxylic acids is 1. The van der Waals surface area contributed by atoms with Crippen molar-refractivity contribution in [1.29, 1.82) is 0 Å². The maximum Gasteiger partial charge on any atom is 0.303 e. The fraction of sp³-hybridized carbons (Fsp3) is 0.650. The molecular weight excluding hydrogens is 344 g/mol. The number of aryl methyl sites for hydroxylation is 2. The number of aromatic nitrogens is 1. The molecule has 0 atom stereocenters. The SMILES string of the molecule is CN(C)C(=O)CN(CCCCc1ccc2c(n1)NCCC2)CCCC(=O)O. The Morgan fingerprint density at radius 2 is 1.96 bits per heavy atom. The molecular formula is C20H32N4O3. The lowest BCUT2D eigenvalue weighted by Crippen LogP contribution is -2.37. The normalized spacial score (nSPS) is 13.1.